The lowest BCUT2D eigenvalue weighted by Gasteiger charge is -2.20. The zero-order chi connectivity index (χ0) is 39.1. The molecule has 0 rings (SSSR count). The summed E-state index contributed by atoms with van der Waals surface area (Å²) < 4.78 is 32.4. The minimum Gasteiger partial charge on any atom is -0.457 e. The van der Waals surface area contributed by atoms with Gasteiger partial charge in [-0.25, -0.2) is 4.57 Å². The van der Waals surface area contributed by atoms with Crippen LogP contribution < -0.4 is 0 Å². The van der Waals surface area contributed by atoms with Crippen LogP contribution in [-0.4, -0.2) is 65.7 Å². The molecular weight excluding hydrogens is 695 g/mol. The Bertz CT molecular complexity index is 1150. The molecule has 0 saturated heterocycles. The summed E-state index contributed by atoms with van der Waals surface area (Å²) in [4.78, 5) is 34.4. The van der Waals surface area contributed by atoms with E-state index in [1.54, 1.807) is 0 Å². The highest BCUT2D eigenvalue weighted by atomic mass is 31.2. The first kappa shape index (κ1) is 50.1. The molecule has 0 heterocycles. The maximum absolute atomic E-state index is 12.3. The second-order valence-corrected chi connectivity index (χ2v) is 13.9. The second kappa shape index (κ2) is 37.5. The normalized spacial score (nSPS) is 14.9. The van der Waals surface area contributed by atoms with E-state index in [1.165, 1.54) is 0 Å². The Morgan fingerprint density at radius 1 is 0.509 bits per heavy atom. The van der Waals surface area contributed by atoms with Crippen molar-refractivity contribution in [1.29, 1.82) is 0 Å². The Morgan fingerprint density at radius 2 is 0.830 bits per heavy atom. The molecule has 0 aliphatic carbocycles. The first-order valence-corrected chi connectivity index (χ1v) is 21.0. The SMILES string of the molecule is CC/C=C\C/C=C\C/C=C\C/C=C\CCCCCCC(=O)OC(CO)COP(=O)(O)OCC(CO)OC(=O)CCCCC/C=C\C/C=C\C/C=C\CC. The lowest BCUT2D eigenvalue weighted by molar-refractivity contribution is -0.153. The van der Waals surface area contributed by atoms with Gasteiger partial charge in [-0.1, -0.05) is 118 Å². The van der Waals surface area contributed by atoms with Crippen molar-refractivity contribution < 1.29 is 47.8 Å². The van der Waals surface area contributed by atoms with Crippen molar-refractivity contribution in [2.24, 2.45) is 0 Å². The van der Waals surface area contributed by atoms with E-state index in [1.807, 2.05) is 0 Å². The molecule has 0 amide bonds. The van der Waals surface area contributed by atoms with Gasteiger partial charge in [0.2, 0.25) is 0 Å². The number of unbranched alkanes of at least 4 members (excludes halogenated alkanes) is 7. The highest BCUT2D eigenvalue weighted by Crippen LogP contribution is 2.43. The molecule has 0 spiro atoms. The van der Waals surface area contributed by atoms with E-state index < -0.39 is 58.4 Å². The maximum atomic E-state index is 12.3. The molecule has 3 unspecified atom stereocenters. The largest absolute Gasteiger partial charge is 0.472 e. The Kier molecular flexibility index (Phi) is 35.5. The third-order valence-electron chi connectivity index (χ3n) is 7.60. The number of hydrogen-bond acceptors (Lipinski definition) is 9. The fraction of sp³-hybridized carbons (Fsp3) is 0.619. The highest BCUT2D eigenvalue weighted by molar-refractivity contribution is 7.47. The third kappa shape index (κ3) is 35.9. The van der Waals surface area contributed by atoms with Crippen LogP contribution in [0.4, 0.5) is 0 Å². The van der Waals surface area contributed by atoms with Gasteiger partial charge in [-0.2, -0.15) is 0 Å². The molecule has 0 aliphatic rings. The summed E-state index contributed by atoms with van der Waals surface area (Å²) in [5.74, 6) is -1.08. The molecule has 0 aromatic rings. The molecule has 0 saturated carbocycles. The third-order valence-corrected chi connectivity index (χ3v) is 8.55. The fourth-order valence-corrected chi connectivity index (χ4v) is 5.43. The summed E-state index contributed by atoms with van der Waals surface area (Å²) in [6, 6.07) is 0. The molecule has 3 atom stereocenters. The minimum atomic E-state index is -4.65. The van der Waals surface area contributed by atoms with Crippen LogP contribution in [0, 0.1) is 0 Å². The average Bonchev–Trinajstić information content (AvgIpc) is 3.14. The zero-order valence-corrected chi connectivity index (χ0v) is 33.3. The summed E-state index contributed by atoms with van der Waals surface area (Å²) in [5.41, 5.74) is 0. The topological polar surface area (TPSA) is 149 Å². The lowest BCUT2D eigenvalue weighted by atomic mass is 10.1. The van der Waals surface area contributed by atoms with Gasteiger partial charge in [0, 0.05) is 12.8 Å². The molecule has 0 radical (unpaired) electrons. The zero-order valence-electron chi connectivity index (χ0n) is 32.4. The fourth-order valence-electron chi connectivity index (χ4n) is 4.65. The molecule has 0 fully saturated rings. The minimum absolute atomic E-state index is 0.150. The first-order chi connectivity index (χ1) is 25.8. The summed E-state index contributed by atoms with van der Waals surface area (Å²) >= 11 is 0. The van der Waals surface area contributed by atoms with Crippen molar-refractivity contribution >= 4 is 19.8 Å². The van der Waals surface area contributed by atoms with E-state index in [4.69, 9.17) is 18.5 Å². The predicted molar refractivity (Wildman–Crippen MR) is 214 cm³/mol. The maximum Gasteiger partial charge on any atom is 0.472 e. The Hall–Kier alpha value is -2.85. The lowest BCUT2D eigenvalue weighted by Crippen LogP contribution is -2.28. The number of hydrogen-bond donors (Lipinski definition) is 3. The molecule has 11 heteroatoms. The van der Waals surface area contributed by atoms with Crippen molar-refractivity contribution in [2.75, 3.05) is 26.4 Å². The number of esters is 2. The van der Waals surface area contributed by atoms with Gasteiger partial charge in [-0.15, -0.1) is 0 Å². The van der Waals surface area contributed by atoms with E-state index >= 15 is 0 Å². The van der Waals surface area contributed by atoms with Crippen LogP contribution in [0.2, 0.25) is 0 Å². The van der Waals surface area contributed by atoms with Crippen molar-refractivity contribution in [1.82, 2.24) is 0 Å². The number of phosphoric acid groups is 1. The molecular formula is C42H69O10P. The first-order valence-electron chi connectivity index (χ1n) is 19.5. The molecule has 3 N–H and O–H groups in total. The average molecular weight is 765 g/mol. The Labute approximate surface area is 320 Å². The summed E-state index contributed by atoms with van der Waals surface area (Å²) in [6.45, 7) is 1.88. The number of carbonyl (C=O) groups excluding carboxylic acids is 2. The van der Waals surface area contributed by atoms with Gasteiger partial charge in [-0.05, 0) is 83.5 Å². The van der Waals surface area contributed by atoms with Crippen LogP contribution in [0.25, 0.3) is 0 Å². The number of aliphatic hydroxyl groups excluding tert-OH is 2. The molecule has 0 aromatic heterocycles. The van der Waals surface area contributed by atoms with Crippen LogP contribution >= 0.6 is 7.82 Å². The molecule has 0 aromatic carbocycles. The van der Waals surface area contributed by atoms with E-state index in [9.17, 15) is 29.3 Å². The molecule has 0 aliphatic heterocycles. The van der Waals surface area contributed by atoms with Gasteiger partial charge in [0.05, 0.1) is 26.4 Å². The van der Waals surface area contributed by atoms with Crippen LogP contribution in [0.5, 0.6) is 0 Å². The van der Waals surface area contributed by atoms with Crippen molar-refractivity contribution in [3.63, 3.8) is 0 Å². The summed E-state index contributed by atoms with van der Waals surface area (Å²) in [5, 5.41) is 19.1. The van der Waals surface area contributed by atoms with Crippen LogP contribution in [0.15, 0.2) is 85.1 Å². The number of phosphoric ester groups is 1. The predicted octanol–water partition coefficient (Wildman–Crippen LogP) is 9.88. The van der Waals surface area contributed by atoms with Crippen molar-refractivity contribution in [3.05, 3.63) is 85.1 Å². The monoisotopic (exact) mass is 764 g/mol. The Morgan fingerprint density at radius 3 is 1.19 bits per heavy atom. The van der Waals surface area contributed by atoms with Crippen LogP contribution in [0.1, 0.15) is 129 Å². The second-order valence-electron chi connectivity index (χ2n) is 12.5. The van der Waals surface area contributed by atoms with E-state index in [0.717, 1.165) is 89.9 Å². The van der Waals surface area contributed by atoms with Gasteiger partial charge in [0.25, 0.3) is 0 Å². The number of rotatable bonds is 35. The van der Waals surface area contributed by atoms with Gasteiger partial charge in [-0.3, -0.25) is 18.6 Å². The summed E-state index contributed by atoms with van der Waals surface area (Å²) in [6.07, 6.45) is 42.8. The number of allylic oxidation sites excluding steroid dienone is 14. The Balaban J connectivity index is 4.06. The molecule has 0 bridgehead atoms. The molecule has 302 valence electrons. The summed E-state index contributed by atoms with van der Waals surface area (Å²) in [7, 11) is -4.65. The van der Waals surface area contributed by atoms with Gasteiger partial charge >= 0.3 is 19.8 Å². The van der Waals surface area contributed by atoms with Crippen LogP contribution in [0.3, 0.4) is 0 Å². The van der Waals surface area contributed by atoms with Crippen molar-refractivity contribution in [3.8, 4) is 0 Å². The smallest absolute Gasteiger partial charge is 0.457 e. The van der Waals surface area contributed by atoms with Crippen molar-refractivity contribution in [2.45, 2.75) is 142 Å². The van der Waals surface area contributed by atoms with Crippen LogP contribution in [-0.2, 0) is 32.7 Å². The van der Waals surface area contributed by atoms with Gasteiger partial charge in [0.1, 0.15) is 12.2 Å². The number of ether oxygens (including phenoxy) is 2. The van der Waals surface area contributed by atoms with E-state index in [2.05, 4.69) is 98.9 Å². The van der Waals surface area contributed by atoms with E-state index in [0.29, 0.717) is 12.8 Å². The highest BCUT2D eigenvalue weighted by Gasteiger charge is 2.27. The van der Waals surface area contributed by atoms with Gasteiger partial charge in [0.15, 0.2) is 0 Å². The quantitative estimate of drug-likeness (QED) is 0.0246. The number of carbonyl (C=O) groups is 2. The molecule has 10 nitrogen and oxygen atoms in total. The van der Waals surface area contributed by atoms with Gasteiger partial charge < -0.3 is 24.6 Å². The van der Waals surface area contributed by atoms with E-state index in [-0.39, 0.29) is 12.8 Å². The molecule has 53 heavy (non-hydrogen) atoms. The number of aliphatic hydroxyl groups is 2. The standard InChI is InChI=1S/C42H69O10P/c1-3-5-7-9-11-13-15-17-18-19-20-22-24-26-28-30-32-34-42(46)52-40(36-44)38-50-53(47,48)49-37-39(35-43)51-41(45)33-31-29-27-25-23-21-16-14-12-10-8-6-4-2/h5-8,11-14,17-18,20-23,39-40,43-44H,3-4,9-10,15-16,19,24-38H2,1-2H3,(H,47,48)/b7-5-,8-6-,13-11-,14-12-,18-17-,22-20-,23-21-.